The Morgan fingerprint density at radius 2 is 2.18 bits per heavy atom. The number of nitrogens with zero attached hydrogens (tertiary/aromatic N) is 3. The zero-order valence-corrected chi connectivity index (χ0v) is 20.1. The van der Waals surface area contributed by atoms with Gasteiger partial charge in [-0.05, 0) is 20.1 Å². The van der Waals surface area contributed by atoms with Gasteiger partial charge in [-0.3, -0.25) is 18.4 Å². The molecule has 0 aromatic carbocycles. The van der Waals surface area contributed by atoms with Crippen molar-refractivity contribution in [3.05, 3.63) is 28.3 Å². The number of phosphoric ester groups is 1. The molecule has 1 aliphatic rings. The molecule has 0 spiro atoms. The van der Waals surface area contributed by atoms with Crippen LogP contribution in [0.3, 0.4) is 0 Å². The van der Waals surface area contributed by atoms with E-state index in [1.807, 2.05) is 6.92 Å². The van der Waals surface area contributed by atoms with E-state index >= 15 is 0 Å². The topological polar surface area (TPSA) is 208 Å². The molecule has 1 aliphatic heterocycles. The quantitative estimate of drug-likeness (QED) is 0.201. The number of nitrogens with two attached hydrogens (primary N) is 1. The van der Waals surface area contributed by atoms with Gasteiger partial charge in [0.25, 0.3) is 0 Å². The van der Waals surface area contributed by atoms with Crippen molar-refractivity contribution in [1.29, 1.82) is 0 Å². The number of carbonyl (C=O) groups excluding carboxylic acids is 1. The van der Waals surface area contributed by atoms with Crippen LogP contribution in [0.2, 0.25) is 0 Å². The minimum atomic E-state index is -4.26. The summed E-state index contributed by atoms with van der Waals surface area (Å²) < 4.78 is 27.7. The molecule has 2 heterocycles. The third-order valence-electron chi connectivity index (χ3n) is 4.34. The SMILES string of the molecule is CC=NC.CCOP(=O)(O)OCC1OC(n2cc(/C=C/CNC(=O)CO)c(N)nc2=O)CC1O. The molecule has 4 atom stereocenters. The maximum absolute atomic E-state index is 12.2. The Morgan fingerprint density at radius 1 is 1.50 bits per heavy atom. The maximum atomic E-state index is 12.2. The van der Waals surface area contributed by atoms with Gasteiger partial charge in [0.05, 0.1) is 19.3 Å². The van der Waals surface area contributed by atoms with Crippen LogP contribution in [-0.4, -0.2) is 82.4 Å². The third-order valence-corrected chi connectivity index (χ3v) is 5.40. The number of amides is 1. The number of aliphatic hydroxyl groups excluding tert-OH is 2. The van der Waals surface area contributed by atoms with E-state index in [2.05, 4.69) is 19.8 Å². The van der Waals surface area contributed by atoms with E-state index in [1.165, 1.54) is 19.2 Å². The van der Waals surface area contributed by atoms with Gasteiger partial charge in [-0.1, -0.05) is 12.2 Å². The van der Waals surface area contributed by atoms with Gasteiger partial charge in [-0.25, -0.2) is 9.36 Å². The van der Waals surface area contributed by atoms with E-state index in [1.54, 1.807) is 19.3 Å². The third kappa shape index (κ3) is 9.81. The van der Waals surface area contributed by atoms with E-state index in [0.29, 0.717) is 5.56 Å². The van der Waals surface area contributed by atoms with Crippen molar-refractivity contribution >= 4 is 31.8 Å². The Balaban J connectivity index is 0.00000133. The predicted molar refractivity (Wildman–Crippen MR) is 124 cm³/mol. The summed E-state index contributed by atoms with van der Waals surface area (Å²) in [5.74, 6) is -0.591. The summed E-state index contributed by atoms with van der Waals surface area (Å²) in [4.78, 5) is 40.0. The lowest BCUT2D eigenvalue weighted by Crippen LogP contribution is -2.29. The van der Waals surface area contributed by atoms with Crippen molar-refractivity contribution < 1.29 is 38.3 Å². The van der Waals surface area contributed by atoms with Gasteiger partial charge in [-0.2, -0.15) is 4.98 Å². The molecule has 6 N–H and O–H groups in total. The molecule has 34 heavy (non-hydrogen) atoms. The highest BCUT2D eigenvalue weighted by Crippen LogP contribution is 2.44. The van der Waals surface area contributed by atoms with Crippen molar-refractivity contribution in [3.8, 4) is 0 Å². The molecular formula is C19H32N5O9P. The van der Waals surface area contributed by atoms with Crippen LogP contribution in [0.25, 0.3) is 6.08 Å². The minimum absolute atomic E-state index is 0.0135. The lowest BCUT2D eigenvalue weighted by Gasteiger charge is -2.18. The van der Waals surface area contributed by atoms with E-state index in [4.69, 9.17) is 20.1 Å². The van der Waals surface area contributed by atoms with Gasteiger partial charge in [-0.15, -0.1) is 0 Å². The average molecular weight is 505 g/mol. The highest BCUT2D eigenvalue weighted by Gasteiger charge is 2.37. The number of nitrogens with one attached hydrogen (secondary N) is 1. The molecule has 1 aromatic rings. The van der Waals surface area contributed by atoms with Crippen LogP contribution in [0.1, 0.15) is 32.1 Å². The molecule has 1 amide bonds. The molecular weight excluding hydrogens is 473 g/mol. The lowest BCUT2D eigenvalue weighted by atomic mass is 10.2. The number of hydrogen-bond donors (Lipinski definition) is 5. The van der Waals surface area contributed by atoms with Crippen LogP contribution in [0.5, 0.6) is 0 Å². The van der Waals surface area contributed by atoms with Crippen molar-refractivity contribution in [2.75, 3.05) is 39.1 Å². The highest BCUT2D eigenvalue weighted by atomic mass is 31.2. The molecule has 14 nitrogen and oxygen atoms in total. The first-order valence-electron chi connectivity index (χ1n) is 10.3. The van der Waals surface area contributed by atoms with Gasteiger partial charge >= 0.3 is 13.5 Å². The smallest absolute Gasteiger partial charge is 0.390 e. The molecule has 1 fully saturated rings. The summed E-state index contributed by atoms with van der Waals surface area (Å²) in [5, 5.41) is 21.2. The number of aliphatic hydroxyl groups is 2. The zero-order chi connectivity index (χ0) is 25.7. The number of carbonyl (C=O) groups is 1. The fraction of sp³-hybridized carbons (Fsp3) is 0.579. The van der Waals surface area contributed by atoms with E-state index in [9.17, 15) is 24.2 Å². The van der Waals surface area contributed by atoms with E-state index < -0.39 is 51.1 Å². The fourth-order valence-corrected chi connectivity index (χ4v) is 3.39. The number of hydrogen-bond acceptors (Lipinski definition) is 11. The Hall–Kier alpha value is -2.45. The number of rotatable bonds is 10. The number of anilines is 1. The van der Waals surface area contributed by atoms with Crippen LogP contribution < -0.4 is 16.7 Å². The van der Waals surface area contributed by atoms with Crippen LogP contribution in [0.4, 0.5) is 5.82 Å². The highest BCUT2D eigenvalue weighted by molar-refractivity contribution is 7.47. The number of ether oxygens (including phenoxy) is 1. The second kappa shape index (κ2) is 14.7. The van der Waals surface area contributed by atoms with Crippen molar-refractivity contribution in [2.24, 2.45) is 4.99 Å². The Morgan fingerprint density at radius 3 is 2.76 bits per heavy atom. The van der Waals surface area contributed by atoms with E-state index in [-0.39, 0.29) is 25.4 Å². The van der Waals surface area contributed by atoms with Crippen LogP contribution >= 0.6 is 7.82 Å². The minimum Gasteiger partial charge on any atom is -0.390 e. The van der Waals surface area contributed by atoms with Gasteiger partial charge in [0.2, 0.25) is 5.91 Å². The Kier molecular flexibility index (Phi) is 12.8. The Labute approximate surface area is 196 Å². The summed E-state index contributed by atoms with van der Waals surface area (Å²) in [6, 6.07) is 0. The largest absolute Gasteiger partial charge is 0.472 e. The van der Waals surface area contributed by atoms with Gasteiger partial charge in [0, 0.05) is 31.8 Å². The molecule has 0 bridgehead atoms. The van der Waals surface area contributed by atoms with Gasteiger partial charge < -0.3 is 35.9 Å². The molecule has 0 radical (unpaired) electrons. The van der Waals surface area contributed by atoms with Crippen molar-refractivity contribution in [1.82, 2.24) is 14.9 Å². The van der Waals surface area contributed by atoms with Crippen molar-refractivity contribution in [3.63, 3.8) is 0 Å². The van der Waals surface area contributed by atoms with Gasteiger partial charge in [0.15, 0.2) is 0 Å². The number of aromatic nitrogens is 2. The standard InChI is InChI=1S/C16H25N4O9P.C3H7N/c1-2-27-30(25,26)28-9-12-11(22)6-14(29-12)20-7-10(15(17)19-16(20)24)4-3-5-18-13(23)8-21;1-3-4-2/h3-4,7,11-12,14,21-22H,2,5-6,8-9H2,1H3,(H,18,23)(H,25,26)(H2,17,19,24);3H,1-2H3/b4-3+;. The Bertz CT molecular complexity index is 949. The molecule has 2 rings (SSSR count). The number of aliphatic imine (C=N–C) groups is 1. The van der Waals surface area contributed by atoms with Crippen LogP contribution in [0, 0.1) is 0 Å². The molecule has 15 heteroatoms. The normalized spacial score (nSPS) is 21.9. The van der Waals surface area contributed by atoms with Gasteiger partial charge in [0.1, 0.15) is 24.8 Å². The summed E-state index contributed by atoms with van der Waals surface area (Å²) in [6.45, 7) is 2.45. The summed E-state index contributed by atoms with van der Waals surface area (Å²) >= 11 is 0. The molecule has 0 aliphatic carbocycles. The maximum Gasteiger partial charge on any atom is 0.472 e. The average Bonchev–Trinajstić information content (AvgIpc) is 3.16. The van der Waals surface area contributed by atoms with Crippen LogP contribution in [0.15, 0.2) is 22.1 Å². The first-order valence-corrected chi connectivity index (χ1v) is 11.8. The number of nitrogen functional groups attached to an aromatic ring is 1. The summed E-state index contributed by atoms with van der Waals surface area (Å²) in [7, 11) is -2.51. The second-order valence-electron chi connectivity index (χ2n) is 6.77. The second-order valence-corrected chi connectivity index (χ2v) is 8.22. The summed E-state index contributed by atoms with van der Waals surface area (Å²) in [5.41, 5.74) is 5.40. The summed E-state index contributed by atoms with van der Waals surface area (Å²) in [6.07, 6.45) is 3.28. The molecule has 192 valence electrons. The van der Waals surface area contributed by atoms with E-state index in [0.717, 1.165) is 4.57 Å². The predicted octanol–water partition coefficient (Wildman–Crippen LogP) is -0.544. The molecule has 0 saturated carbocycles. The molecule has 1 saturated heterocycles. The number of phosphoric acid groups is 1. The molecule has 4 unspecified atom stereocenters. The molecule has 1 aromatic heterocycles. The van der Waals surface area contributed by atoms with Crippen LogP contribution in [-0.2, 0) is 23.1 Å². The monoisotopic (exact) mass is 505 g/mol. The first-order chi connectivity index (χ1) is 16.1. The first kappa shape index (κ1) is 29.6. The fourth-order valence-electron chi connectivity index (χ4n) is 2.65. The lowest BCUT2D eigenvalue weighted by molar-refractivity contribution is -0.123. The zero-order valence-electron chi connectivity index (χ0n) is 19.2. The van der Waals surface area contributed by atoms with Crippen molar-refractivity contribution in [2.45, 2.75) is 38.7 Å².